The molecule has 0 bridgehead atoms. The summed E-state index contributed by atoms with van der Waals surface area (Å²) in [5.41, 5.74) is 3.41. The van der Waals surface area contributed by atoms with Gasteiger partial charge in [0.1, 0.15) is 17.8 Å². The third-order valence-corrected chi connectivity index (χ3v) is 4.35. The Kier molecular flexibility index (Phi) is 3.60. The molecule has 116 valence electrons. The summed E-state index contributed by atoms with van der Waals surface area (Å²) in [5, 5.41) is 2.63. The Hall–Kier alpha value is -2.02. The summed E-state index contributed by atoms with van der Waals surface area (Å²) >= 11 is 1.44. The van der Waals surface area contributed by atoms with Gasteiger partial charge < -0.3 is 8.98 Å². The van der Waals surface area contributed by atoms with Crippen molar-refractivity contribution < 1.29 is 17.6 Å². The quantitative estimate of drug-likeness (QED) is 0.674. The van der Waals surface area contributed by atoms with Crippen LogP contribution >= 0.6 is 11.3 Å². The number of aryl methyl sites for hydroxylation is 1. The molecule has 0 fully saturated rings. The highest BCUT2D eigenvalue weighted by atomic mass is 32.1. The van der Waals surface area contributed by atoms with E-state index in [1.807, 2.05) is 5.38 Å². The zero-order valence-corrected chi connectivity index (χ0v) is 12.8. The molecule has 0 aliphatic carbocycles. The fourth-order valence-corrected chi connectivity index (χ4v) is 3.21. The van der Waals surface area contributed by atoms with E-state index in [0.717, 1.165) is 16.1 Å². The van der Waals surface area contributed by atoms with Crippen LogP contribution in [-0.2, 0) is 6.54 Å². The van der Waals surface area contributed by atoms with E-state index in [1.165, 1.54) is 15.9 Å². The van der Waals surface area contributed by atoms with Gasteiger partial charge in [0.15, 0.2) is 0 Å². The number of halogens is 3. The fourth-order valence-electron chi connectivity index (χ4n) is 2.40. The van der Waals surface area contributed by atoms with Crippen molar-refractivity contribution in [1.29, 1.82) is 0 Å². The molecule has 0 atom stereocenters. The molecule has 3 nitrogen and oxygen atoms in total. The second-order valence-corrected chi connectivity index (χ2v) is 5.89. The molecular formula is C15H13F3N2OS. The lowest BCUT2D eigenvalue weighted by Gasteiger charge is -2.12. The molecule has 0 amide bonds. The van der Waals surface area contributed by atoms with Crippen LogP contribution in [0.25, 0.3) is 21.8 Å². The van der Waals surface area contributed by atoms with E-state index in [4.69, 9.17) is 4.42 Å². The lowest BCUT2D eigenvalue weighted by Crippen LogP contribution is -2.19. The minimum Gasteiger partial charge on any atom is -0.472 e. The van der Waals surface area contributed by atoms with Gasteiger partial charge in [0.25, 0.3) is 0 Å². The summed E-state index contributed by atoms with van der Waals surface area (Å²) in [7, 11) is 0. The minimum atomic E-state index is -4.24. The SMILES string of the molecule is Cc1cc(-c2csc(-c3ccoc3)n2)c(C)n1CC(F)(F)F. The van der Waals surface area contributed by atoms with Gasteiger partial charge in [0.2, 0.25) is 0 Å². The molecule has 0 N–H and O–H groups in total. The van der Waals surface area contributed by atoms with Crippen molar-refractivity contribution >= 4 is 11.3 Å². The second kappa shape index (κ2) is 5.31. The number of hydrogen-bond donors (Lipinski definition) is 0. The standard InChI is InChI=1S/C15H13F3N2OS/c1-9-5-12(10(2)20(9)8-15(16,17)18)13-7-22-14(19-13)11-3-4-21-6-11/h3-7H,8H2,1-2H3. The minimum absolute atomic E-state index is 0.568. The number of thiazole rings is 1. The summed E-state index contributed by atoms with van der Waals surface area (Å²) in [4.78, 5) is 4.50. The molecule has 3 rings (SSSR count). The molecule has 7 heteroatoms. The molecule has 0 spiro atoms. The van der Waals surface area contributed by atoms with E-state index >= 15 is 0 Å². The molecule has 0 radical (unpaired) electrons. The van der Waals surface area contributed by atoms with Crippen LogP contribution in [0, 0.1) is 13.8 Å². The monoisotopic (exact) mass is 326 g/mol. The summed E-state index contributed by atoms with van der Waals surface area (Å²) < 4.78 is 44.3. The van der Waals surface area contributed by atoms with Crippen molar-refractivity contribution in [2.45, 2.75) is 26.6 Å². The lowest BCUT2D eigenvalue weighted by molar-refractivity contribution is -0.141. The highest BCUT2D eigenvalue weighted by molar-refractivity contribution is 7.13. The molecule has 0 aliphatic rings. The Balaban J connectivity index is 1.98. The van der Waals surface area contributed by atoms with E-state index in [1.54, 1.807) is 38.5 Å². The van der Waals surface area contributed by atoms with Gasteiger partial charge in [-0.15, -0.1) is 11.3 Å². The number of alkyl halides is 3. The Labute approximate surface area is 129 Å². The highest BCUT2D eigenvalue weighted by Crippen LogP contribution is 2.33. The average Bonchev–Trinajstić information content (AvgIpc) is 3.12. The molecule has 22 heavy (non-hydrogen) atoms. The van der Waals surface area contributed by atoms with Crippen LogP contribution in [0.15, 0.2) is 34.5 Å². The Morgan fingerprint density at radius 3 is 2.73 bits per heavy atom. The second-order valence-electron chi connectivity index (χ2n) is 5.04. The van der Waals surface area contributed by atoms with Crippen molar-refractivity contribution in [3.63, 3.8) is 0 Å². The van der Waals surface area contributed by atoms with Crippen LogP contribution in [0.4, 0.5) is 13.2 Å². The molecule has 3 aromatic heterocycles. The lowest BCUT2D eigenvalue weighted by atomic mass is 10.2. The Morgan fingerprint density at radius 2 is 2.09 bits per heavy atom. The van der Waals surface area contributed by atoms with E-state index in [9.17, 15) is 13.2 Å². The first-order valence-corrected chi connectivity index (χ1v) is 7.45. The van der Waals surface area contributed by atoms with Gasteiger partial charge in [-0.2, -0.15) is 13.2 Å². The van der Waals surface area contributed by atoms with Crippen molar-refractivity contribution in [1.82, 2.24) is 9.55 Å². The Bertz CT molecular complexity index is 784. The van der Waals surface area contributed by atoms with Crippen LogP contribution in [-0.4, -0.2) is 15.7 Å². The topological polar surface area (TPSA) is 31.0 Å². The maximum atomic E-state index is 12.7. The number of hydrogen-bond acceptors (Lipinski definition) is 3. The third-order valence-electron chi connectivity index (χ3n) is 3.46. The van der Waals surface area contributed by atoms with E-state index < -0.39 is 12.7 Å². The zero-order chi connectivity index (χ0) is 15.9. The normalized spacial score (nSPS) is 12.0. The molecule has 3 aromatic rings. The van der Waals surface area contributed by atoms with Crippen LogP contribution < -0.4 is 0 Å². The van der Waals surface area contributed by atoms with Crippen molar-refractivity contribution in [2.24, 2.45) is 0 Å². The highest BCUT2D eigenvalue weighted by Gasteiger charge is 2.30. The number of aromatic nitrogens is 2. The summed E-state index contributed by atoms with van der Waals surface area (Å²) in [5.74, 6) is 0. The molecule has 0 saturated heterocycles. The van der Waals surface area contributed by atoms with Gasteiger partial charge in [-0.3, -0.25) is 0 Å². The van der Waals surface area contributed by atoms with Gasteiger partial charge in [0.05, 0.1) is 12.0 Å². The number of rotatable bonds is 3. The number of nitrogens with zero attached hydrogens (tertiary/aromatic N) is 2. The summed E-state index contributed by atoms with van der Waals surface area (Å²) in [6, 6.07) is 3.55. The summed E-state index contributed by atoms with van der Waals surface area (Å²) in [6.45, 7) is 2.37. The molecule has 3 heterocycles. The van der Waals surface area contributed by atoms with Gasteiger partial charge in [-0.1, -0.05) is 0 Å². The van der Waals surface area contributed by atoms with Crippen LogP contribution in [0.2, 0.25) is 0 Å². The first-order chi connectivity index (χ1) is 10.3. The maximum absolute atomic E-state index is 12.7. The fraction of sp³-hybridized carbons (Fsp3) is 0.267. The van der Waals surface area contributed by atoms with Crippen molar-refractivity contribution in [3.05, 3.63) is 41.4 Å². The van der Waals surface area contributed by atoms with Gasteiger partial charge in [-0.25, -0.2) is 4.98 Å². The molecule has 0 saturated carbocycles. The van der Waals surface area contributed by atoms with Crippen molar-refractivity contribution in [3.8, 4) is 21.8 Å². The molecule has 0 aromatic carbocycles. The van der Waals surface area contributed by atoms with Crippen LogP contribution in [0.1, 0.15) is 11.4 Å². The van der Waals surface area contributed by atoms with Gasteiger partial charge >= 0.3 is 6.18 Å². The summed E-state index contributed by atoms with van der Waals surface area (Å²) in [6.07, 6.45) is -1.09. The van der Waals surface area contributed by atoms with Crippen molar-refractivity contribution in [2.75, 3.05) is 0 Å². The smallest absolute Gasteiger partial charge is 0.406 e. The van der Waals surface area contributed by atoms with E-state index in [0.29, 0.717) is 17.1 Å². The van der Waals surface area contributed by atoms with Crippen LogP contribution in [0.3, 0.4) is 0 Å². The first-order valence-electron chi connectivity index (χ1n) is 6.57. The Morgan fingerprint density at radius 1 is 1.32 bits per heavy atom. The van der Waals surface area contributed by atoms with Crippen LogP contribution in [0.5, 0.6) is 0 Å². The first kappa shape index (κ1) is 14.9. The predicted octanol–water partition coefficient (Wildman–Crippen LogP) is 5.05. The molecular weight excluding hydrogens is 313 g/mol. The number of furan rings is 1. The van der Waals surface area contributed by atoms with E-state index in [-0.39, 0.29) is 0 Å². The maximum Gasteiger partial charge on any atom is 0.406 e. The average molecular weight is 326 g/mol. The van der Waals surface area contributed by atoms with Gasteiger partial charge in [0, 0.05) is 27.9 Å². The van der Waals surface area contributed by atoms with Gasteiger partial charge in [-0.05, 0) is 26.0 Å². The largest absolute Gasteiger partial charge is 0.472 e. The zero-order valence-electron chi connectivity index (χ0n) is 11.9. The molecule has 0 aliphatic heterocycles. The van der Waals surface area contributed by atoms with E-state index in [2.05, 4.69) is 4.98 Å². The molecule has 0 unspecified atom stereocenters. The predicted molar refractivity (Wildman–Crippen MR) is 78.8 cm³/mol. The third kappa shape index (κ3) is 2.81.